The third kappa shape index (κ3) is 2.32. The first kappa shape index (κ1) is 12.8. The Kier molecular flexibility index (Phi) is 3.27. The van der Waals surface area contributed by atoms with E-state index in [0.29, 0.717) is 0 Å². The molecule has 1 aromatic carbocycles. The van der Waals surface area contributed by atoms with Crippen LogP contribution in [0.3, 0.4) is 0 Å². The number of rotatable bonds is 2. The summed E-state index contributed by atoms with van der Waals surface area (Å²) in [6.45, 7) is -0.392. The Morgan fingerprint density at radius 2 is 2.06 bits per heavy atom. The van der Waals surface area contributed by atoms with Crippen LogP contribution in [0.15, 0.2) is 24.5 Å². The second-order valence-electron chi connectivity index (χ2n) is 3.44. The Bertz CT molecular complexity index is 568. The van der Waals surface area contributed by atoms with E-state index in [1.807, 2.05) is 0 Å². The second kappa shape index (κ2) is 4.58. The fourth-order valence-corrected chi connectivity index (χ4v) is 1.72. The lowest BCUT2D eigenvalue weighted by Gasteiger charge is -2.11. The van der Waals surface area contributed by atoms with E-state index in [1.165, 1.54) is 17.0 Å². The van der Waals surface area contributed by atoms with Gasteiger partial charge in [-0.3, -0.25) is 4.57 Å². The van der Waals surface area contributed by atoms with Crippen LogP contribution >= 0.6 is 11.6 Å². The Morgan fingerprint density at radius 1 is 1.33 bits per heavy atom. The number of aliphatic hydroxyl groups is 1. The van der Waals surface area contributed by atoms with Crippen molar-refractivity contribution in [3.05, 3.63) is 40.9 Å². The van der Waals surface area contributed by atoms with E-state index in [9.17, 15) is 13.2 Å². The molecule has 0 aliphatic rings. The highest BCUT2D eigenvalue weighted by molar-refractivity contribution is 6.32. The van der Waals surface area contributed by atoms with E-state index in [1.54, 1.807) is 0 Å². The molecule has 0 unspecified atom stereocenters. The molecule has 1 N–H and O–H groups in total. The van der Waals surface area contributed by atoms with Gasteiger partial charge in [-0.05, 0) is 18.2 Å². The number of alkyl halides is 3. The topological polar surface area (TPSA) is 50.9 Å². The van der Waals surface area contributed by atoms with Gasteiger partial charge in [0.2, 0.25) is 0 Å². The Labute approximate surface area is 105 Å². The van der Waals surface area contributed by atoms with Gasteiger partial charge in [0.15, 0.2) is 5.82 Å². The predicted molar refractivity (Wildman–Crippen MR) is 57.3 cm³/mol. The number of benzene rings is 1. The monoisotopic (exact) mass is 277 g/mol. The molecule has 0 aliphatic carbocycles. The third-order valence-electron chi connectivity index (χ3n) is 2.29. The van der Waals surface area contributed by atoms with Gasteiger partial charge >= 0.3 is 6.18 Å². The summed E-state index contributed by atoms with van der Waals surface area (Å²) < 4.78 is 38.7. The molecule has 0 bridgehead atoms. The van der Waals surface area contributed by atoms with Crippen molar-refractivity contribution < 1.29 is 18.3 Å². The molecule has 8 heteroatoms. The average Bonchev–Trinajstić information content (AvgIpc) is 2.75. The number of hydrogen-bond acceptors (Lipinski definition) is 3. The maximum atomic E-state index is 12.5. The maximum absolute atomic E-state index is 12.5. The molecule has 0 atom stereocenters. The summed E-state index contributed by atoms with van der Waals surface area (Å²) in [7, 11) is 0. The molecule has 18 heavy (non-hydrogen) atoms. The lowest BCUT2D eigenvalue weighted by molar-refractivity contribution is -0.137. The molecule has 2 aromatic rings. The smallest absolute Gasteiger partial charge is 0.388 e. The van der Waals surface area contributed by atoms with Gasteiger partial charge in [0.05, 0.1) is 16.3 Å². The molecule has 1 heterocycles. The number of halogens is 4. The molecule has 0 saturated heterocycles. The van der Waals surface area contributed by atoms with Gasteiger partial charge in [0.25, 0.3) is 0 Å². The molecule has 0 aliphatic heterocycles. The van der Waals surface area contributed by atoms with E-state index >= 15 is 0 Å². The third-order valence-corrected chi connectivity index (χ3v) is 2.60. The predicted octanol–water partition coefficient (Wildman–Crippen LogP) is 2.43. The van der Waals surface area contributed by atoms with Crippen molar-refractivity contribution in [3.8, 4) is 5.69 Å². The van der Waals surface area contributed by atoms with Crippen LogP contribution in [-0.4, -0.2) is 19.9 Å². The van der Waals surface area contributed by atoms with E-state index in [0.717, 1.165) is 12.1 Å². The van der Waals surface area contributed by atoms with Crippen LogP contribution < -0.4 is 0 Å². The summed E-state index contributed by atoms with van der Waals surface area (Å²) in [6.07, 6.45) is -3.19. The zero-order chi connectivity index (χ0) is 13.3. The Morgan fingerprint density at radius 3 is 2.61 bits per heavy atom. The molecule has 96 valence electrons. The summed E-state index contributed by atoms with van der Waals surface area (Å²) in [5.74, 6) is 0.191. The minimum atomic E-state index is -4.45. The zero-order valence-electron chi connectivity index (χ0n) is 8.82. The van der Waals surface area contributed by atoms with Crippen LogP contribution in [0.2, 0.25) is 5.02 Å². The normalized spacial score (nSPS) is 11.8. The summed E-state index contributed by atoms with van der Waals surface area (Å²) >= 11 is 5.80. The van der Waals surface area contributed by atoms with Gasteiger partial charge in [-0.1, -0.05) is 11.6 Å². The molecule has 0 radical (unpaired) electrons. The molecule has 4 nitrogen and oxygen atoms in total. The second-order valence-corrected chi connectivity index (χ2v) is 3.85. The zero-order valence-corrected chi connectivity index (χ0v) is 9.57. The van der Waals surface area contributed by atoms with Gasteiger partial charge in [-0.25, -0.2) is 0 Å². The van der Waals surface area contributed by atoms with E-state index < -0.39 is 18.3 Å². The lowest BCUT2D eigenvalue weighted by atomic mass is 10.2. The summed E-state index contributed by atoms with van der Waals surface area (Å²) in [6, 6.07) is 2.92. The van der Waals surface area contributed by atoms with Crippen molar-refractivity contribution in [2.45, 2.75) is 12.8 Å². The quantitative estimate of drug-likeness (QED) is 0.917. The van der Waals surface area contributed by atoms with Crippen LogP contribution in [-0.2, 0) is 12.8 Å². The minimum absolute atomic E-state index is 0.0978. The SMILES string of the molecule is OCc1nncn1-c1ccc(C(F)(F)F)cc1Cl. The number of hydrogen-bond donors (Lipinski definition) is 1. The number of aromatic nitrogens is 3. The van der Waals surface area contributed by atoms with Crippen LogP contribution in [0, 0.1) is 0 Å². The Balaban J connectivity index is 2.48. The fraction of sp³-hybridized carbons (Fsp3) is 0.200. The van der Waals surface area contributed by atoms with Gasteiger partial charge in [-0.2, -0.15) is 13.2 Å². The van der Waals surface area contributed by atoms with Crippen molar-refractivity contribution in [2.75, 3.05) is 0 Å². The molecule has 0 fully saturated rings. The fourth-order valence-electron chi connectivity index (χ4n) is 1.45. The molecule has 0 saturated carbocycles. The Hall–Kier alpha value is -1.60. The largest absolute Gasteiger partial charge is 0.416 e. The molecular formula is C10H7ClF3N3O. The van der Waals surface area contributed by atoms with Crippen LogP contribution in [0.25, 0.3) is 5.69 Å². The molecule has 1 aromatic heterocycles. The first-order chi connectivity index (χ1) is 8.43. The maximum Gasteiger partial charge on any atom is 0.416 e. The standard InChI is InChI=1S/C10H7ClF3N3O/c11-7-3-6(10(12,13)14)1-2-8(7)17-5-15-16-9(17)4-18/h1-3,5,18H,4H2. The average molecular weight is 278 g/mol. The summed E-state index contributed by atoms with van der Waals surface area (Å²) in [5.41, 5.74) is -0.561. The van der Waals surface area contributed by atoms with Crippen molar-refractivity contribution in [1.29, 1.82) is 0 Å². The molecule has 2 rings (SSSR count). The summed E-state index contributed by atoms with van der Waals surface area (Å²) in [4.78, 5) is 0. The van der Waals surface area contributed by atoms with Crippen molar-refractivity contribution >= 4 is 11.6 Å². The van der Waals surface area contributed by atoms with Crippen molar-refractivity contribution in [3.63, 3.8) is 0 Å². The first-order valence-electron chi connectivity index (χ1n) is 4.80. The minimum Gasteiger partial charge on any atom is -0.388 e. The highest BCUT2D eigenvalue weighted by Gasteiger charge is 2.31. The highest BCUT2D eigenvalue weighted by Crippen LogP contribution is 2.33. The van der Waals surface area contributed by atoms with Gasteiger partial charge < -0.3 is 5.11 Å². The summed E-state index contributed by atoms with van der Waals surface area (Å²) in [5, 5.41) is 16.1. The van der Waals surface area contributed by atoms with E-state index in [2.05, 4.69) is 10.2 Å². The van der Waals surface area contributed by atoms with E-state index in [-0.39, 0.29) is 16.5 Å². The molecular weight excluding hydrogens is 271 g/mol. The van der Waals surface area contributed by atoms with E-state index in [4.69, 9.17) is 16.7 Å². The number of aliphatic hydroxyl groups excluding tert-OH is 1. The molecule has 0 spiro atoms. The lowest BCUT2D eigenvalue weighted by Crippen LogP contribution is -2.06. The highest BCUT2D eigenvalue weighted by atomic mass is 35.5. The van der Waals surface area contributed by atoms with Crippen LogP contribution in [0.1, 0.15) is 11.4 Å². The van der Waals surface area contributed by atoms with Crippen LogP contribution in [0.4, 0.5) is 13.2 Å². The van der Waals surface area contributed by atoms with Crippen molar-refractivity contribution in [1.82, 2.24) is 14.8 Å². The van der Waals surface area contributed by atoms with Crippen molar-refractivity contribution in [2.24, 2.45) is 0 Å². The van der Waals surface area contributed by atoms with Crippen LogP contribution in [0.5, 0.6) is 0 Å². The van der Waals surface area contributed by atoms with Gasteiger partial charge in [-0.15, -0.1) is 10.2 Å². The van der Waals surface area contributed by atoms with Gasteiger partial charge in [0, 0.05) is 0 Å². The molecule has 0 amide bonds. The number of nitrogens with zero attached hydrogens (tertiary/aromatic N) is 3. The first-order valence-corrected chi connectivity index (χ1v) is 5.18. The van der Waals surface area contributed by atoms with Gasteiger partial charge in [0.1, 0.15) is 12.9 Å².